The van der Waals surface area contributed by atoms with E-state index in [0.717, 1.165) is 16.7 Å². The highest BCUT2D eigenvalue weighted by Gasteiger charge is 2.15. The molecule has 0 unspecified atom stereocenters. The lowest BCUT2D eigenvalue weighted by molar-refractivity contribution is -0.112. The van der Waals surface area contributed by atoms with Crippen LogP contribution in [0, 0.1) is 25.2 Å². The number of hydrogen-bond acceptors (Lipinski definition) is 4. The van der Waals surface area contributed by atoms with E-state index in [4.69, 9.17) is 21.1 Å². The molecule has 0 heterocycles. The first-order chi connectivity index (χ1) is 15.8. The van der Waals surface area contributed by atoms with Gasteiger partial charge in [-0.1, -0.05) is 51.8 Å². The monoisotopic (exact) mass is 524 g/mol. The van der Waals surface area contributed by atoms with Crippen LogP contribution in [0.25, 0.3) is 6.08 Å². The third-order valence-electron chi connectivity index (χ3n) is 5.11. The lowest BCUT2D eigenvalue weighted by Crippen LogP contribution is -2.14. The van der Waals surface area contributed by atoms with Crippen LogP contribution < -0.4 is 14.8 Å². The fraction of sp³-hybridized carbons (Fsp3) is 0.154. The first-order valence-corrected chi connectivity index (χ1v) is 11.2. The third-order valence-corrected chi connectivity index (χ3v) is 6.05. The number of methoxy groups -OCH3 is 1. The molecular formula is C26H22BrClN2O3. The van der Waals surface area contributed by atoms with Gasteiger partial charge in [-0.2, -0.15) is 5.26 Å². The van der Waals surface area contributed by atoms with Crippen LogP contribution in [0.2, 0.25) is 5.02 Å². The maximum Gasteiger partial charge on any atom is 0.266 e. The number of anilines is 1. The van der Waals surface area contributed by atoms with E-state index in [1.54, 1.807) is 30.3 Å². The van der Waals surface area contributed by atoms with Crippen molar-refractivity contribution in [2.75, 3.05) is 12.4 Å². The van der Waals surface area contributed by atoms with Gasteiger partial charge in [0.15, 0.2) is 11.5 Å². The van der Waals surface area contributed by atoms with Gasteiger partial charge in [0, 0.05) is 15.2 Å². The second-order valence-corrected chi connectivity index (χ2v) is 8.60. The van der Waals surface area contributed by atoms with Gasteiger partial charge in [-0.3, -0.25) is 4.79 Å². The number of nitriles is 1. The van der Waals surface area contributed by atoms with Gasteiger partial charge >= 0.3 is 0 Å². The van der Waals surface area contributed by atoms with E-state index in [2.05, 4.69) is 21.2 Å². The minimum atomic E-state index is -0.486. The predicted octanol–water partition coefficient (Wildman–Crippen LogP) is 6.85. The Morgan fingerprint density at radius 2 is 1.88 bits per heavy atom. The third kappa shape index (κ3) is 6.16. The standard InChI is InChI=1S/C26H22BrClN2O3/c1-16-5-4-6-23(17(16)2)30-26(31)20(14-29)11-19-12-24(32-3)25(13-22(19)27)33-15-18-7-9-21(28)10-8-18/h4-13H,15H2,1-3H3,(H,30,31). The zero-order valence-electron chi connectivity index (χ0n) is 18.4. The highest BCUT2D eigenvalue weighted by Crippen LogP contribution is 2.35. The summed E-state index contributed by atoms with van der Waals surface area (Å²) in [6.07, 6.45) is 1.51. The maximum absolute atomic E-state index is 12.7. The van der Waals surface area contributed by atoms with Crippen LogP contribution in [0.15, 0.2) is 64.6 Å². The van der Waals surface area contributed by atoms with Crippen molar-refractivity contribution in [1.29, 1.82) is 5.26 Å². The Bertz CT molecular complexity index is 1250. The number of nitrogens with one attached hydrogen (secondary N) is 1. The second-order valence-electron chi connectivity index (χ2n) is 7.31. The molecule has 0 aliphatic rings. The molecule has 1 amide bonds. The van der Waals surface area contributed by atoms with Gasteiger partial charge in [0.05, 0.1) is 7.11 Å². The number of rotatable bonds is 7. The Kier molecular flexibility index (Phi) is 8.16. The number of hydrogen-bond donors (Lipinski definition) is 1. The first kappa shape index (κ1) is 24.4. The average molecular weight is 526 g/mol. The Labute approximate surface area is 206 Å². The number of nitrogens with zero attached hydrogens (tertiary/aromatic N) is 1. The van der Waals surface area contributed by atoms with Gasteiger partial charge in [0.2, 0.25) is 0 Å². The number of carbonyl (C=O) groups excluding carboxylic acids is 1. The first-order valence-electron chi connectivity index (χ1n) is 10.1. The number of amides is 1. The Hall–Kier alpha value is -3.27. The largest absolute Gasteiger partial charge is 0.493 e. The zero-order valence-corrected chi connectivity index (χ0v) is 20.8. The molecule has 1 N–H and O–H groups in total. The van der Waals surface area contributed by atoms with Crippen molar-refractivity contribution >= 4 is 45.2 Å². The Morgan fingerprint density at radius 1 is 1.15 bits per heavy atom. The molecule has 3 aromatic carbocycles. The summed E-state index contributed by atoms with van der Waals surface area (Å²) < 4.78 is 12.0. The molecule has 0 bridgehead atoms. The molecule has 3 aromatic rings. The predicted molar refractivity (Wildman–Crippen MR) is 135 cm³/mol. The van der Waals surface area contributed by atoms with E-state index in [9.17, 15) is 10.1 Å². The van der Waals surface area contributed by atoms with E-state index in [1.807, 2.05) is 44.2 Å². The normalized spacial score (nSPS) is 11.0. The van der Waals surface area contributed by atoms with Gasteiger partial charge < -0.3 is 14.8 Å². The number of halogens is 2. The summed E-state index contributed by atoms with van der Waals surface area (Å²) in [7, 11) is 1.53. The van der Waals surface area contributed by atoms with Crippen LogP contribution in [0.1, 0.15) is 22.3 Å². The maximum atomic E-state index is 12.7. The SMILES string of the molecule is COc1cc(C=C(C#N)C(=O)Nc2cccc(C)c2C)c(Br)cc1OCc1ccc(Cl)cc1. The van der Waals surface area contributed by atoms with Gasteiger partial charge in [0.25, 0.3) is 5.91 Å². The van der Waals surface area contributed by atoms with Crippen LogP contribution in [0.3, 0.4) is 0 Å². The summed E-state index contributed by atoms with van der Waals surface area (Å²) in [6.45, 7) is 4.22. The van der Waals surface area contributed by atoms with E-state index >= 15 is 0 Å². The number of ether oxygens (including phenoxy) is 2. The van der Waals surface area contributed by atoms with Crippen molar-refractivity contribution in [3.63, 3.8) is 0 Å². The van der Waals surface area contributed by atoms with Gasteiger partial charge in [-0.25, -0.2) is 0 Å². The molecule has 0 fully saturated rings. The average Bonchev–Trinajstić information content (AvgIpc) is 2.81. The Morgan fingerprint density at radius 3 is 2.55 bits per heavy atom. The van der Waals surface area contributed by atoms with Gasteiger partial charge in [0.1, 0.15) is 18.2 Å². The van der Waals surface area contributed by atoms with Crippen molar-refractivity contribution in [1.82, 2.24) is 0 Å². The molecule has 0 aliphatic carbocycles. The van der Waals surface area contributed by atoms with Crippen LogP contribution in [0.4, 0.5) is 5.69 Å². The molecule has 33 heavy (non-hydrogen) atoms. The summed E-state index contributed by atoms with van der Waals surface area (Å²) >= 11 is 9.43. The highest BCUT2D eigenvalue weighted by atomic mass is 79.9. The van der Waals surface area contributed by atoms with E-state index < -0.39 is 5.91 Å². The lowest BCUT2D eigenvalue weighted by Gasteiger charge is -2.13. The molecule has 168 valence electrons. The molecule has 5 nitrogen and oxygen atoms in total. The lowest BCUT2D eigenvalue weighted by atomic mass is 10.1. The molecule has 7 heteroatoms. The van der Waals surface area contributed by atoms with E-state index in [-0.39, 0.29) is 5.57 Å². The van der Waals surface area contributed by atoms with Crippen molar-refractivity contribution < 1.29 is 14.3 Å². The second kappa shape index (κ2) is 11.0. The van der Waals surface area contributed by atoms with Gasteiger partial charge in [-0.05, 0) is 72.5 Å². The molecule has 0 radical (unpaired) electrons. The summed E-state index contributed by atoms with van der Waals surface area (Å²) in [5, 5.41) is 13.1. The molecule has 0 atom stereocenters. The van der Waals surface area contributed by atoms with Crippen molar-refractivity contribution in [3.05, 3.63) is 91.9 Å². The Balaban J connectivity index is 1.83. The summed E-state index contributed by atoms with van der Waals surface area (Å²) in [4.78, 5) is 12.7. The highest BCUT2D eigenvalue weighted by molar-refractivity contribution is 9.10. The molecule has 0 saturated heterocycles. The van der Waals surface area contributed by atoms with Crippen molar-refractivity contribution in [3.8, 4) is 17.6 Å². The number of benzene rings is 3. The molecule has 3 rings (SSSR count). The summed E-state index contributed by atoms with van der Waals surface area (Å²) in [5.41, 5.74) is 4.21. The number of aryl methyl sites for hydroxylation is 1. The van der Waals surface area contributed by atoms with Crippen molar-refractivity contribution in [2.24, 2.45) is 0 Å². The van der Waals surface area contributed by atoms with Crippen LogP contribution in [-0.2, 0) is 11.4 Å². The molecule has 0 saturated carbocycles. The van der Waals surface area contributed by atoms with Gasteiger partial charge in [-0.15, -0.1) is 0 Å². The van der Waals surface area contributed by atoms with Crippen molar-refractivity contribution in [2.45, 2.75) is 20.5 Å². The zero-order chi connectivity index (χ0) is 24.0. The van der Waals surface area contributed by atoms with Crippen LogP contribution in [-0.4, -0.2) is 13.0 Å². The van der Waals surface area contributed by atoms with E-state index in [0.29, 0.717) is 38.9 Å². The van der Waals surface area contributed by atoms with Crippen LogP contribution in [0.5, 0.6) is 11.5 Å². The minimum absolute atomic E-state index is 0.0338. The van der Waals surface area contributed by atoms with E-state index in [1.165, 1.54) is 13.2 Å². The minimum Gasteiger partial charge on any atom is -0.493 e. The molecule has 0 aliphatic heterocycles. The summed E-state index contributed by atoms with van der Waals surface area (Å²) in [5.74, 6) is 0.514. The summed E-state index contributed by atoms with van der Waals surface area (Å²) in [6, 6.07) is 18.4. The van der Waals surface area contributed by atoms with Crippen LogP contribution >= 0.6 is 27.5 Å². The fourth-order valence-electron chi connectivity index (χ4n) is 3.06. The fourth-order valence-corrected chi connectivity index (χ4v) is 3.62. The topological polar surface area (TPSA) is 71.3 Å². The molecular weight excluding hydrogens is 504 g/mol. The molecule has 0 aromatic heterocycles. The smallest absolute Gasteiger partial charge is 0.266 e. The number of carbonyl (C=O) groups is 1. The molecule has 0 spiro atoms. The quantitative estimate of drug-likeness (QED) is 0.270.